The minimum absolute atomic E-state index is 0.0890. The standard InChI is InChI=1S/C14H17NO/c16-14(13-7-3-1-4-8-13)9-12-15-10-5-2-6-11-15/h1,3-4,7-9,12H,2,5-6,10-11H2/b12-9-. The maximum Gasteiger partial charge on any atom is 0.187 e. The maximum atomic E-state index is 11.8. The number of piperidine rings is 1. The lowest BCUT2D eigenvalue weighted by molar-refractivity contribution is 0.104. The molecule has 2 nitrogen and oxygen atoms in total. The minimum atomic E-state index is 0.0890. The molecule has 0 amide bonds. The lowest BCUT2D eigenvalue weighted by Gasteiger charge is -2.24. The first-order valence-corrected chi connectivity index (χ1v) is 5.88. The highest BCUT2D eigenvalue weighted by molar-refractivity contribution is 6.04. The molecule has 1 aromatic carbocycles. The second-order valence-electron chi connectivity index (χ2n) is 4.14. The fraction of sp³-hybridized carbons (Fsp3) is 0.357. The van der Waals surface area contributed by atoms with Gasteiger partial charge >= 0.3 is 0 Å². The zero-order chi connectivity index (χ0) is 11.2. The van der Waals surface area contributed by atoms with Gasteiger partial charge in [-0.25, -0.2) is 0 Å². The Labute approximate surface area is 96.6 Å². The zero-order valence-corrected chi connectivity index (χ0v) is 9.43. The van der Waals surface area contributed by atoms with E-state index in [1.54, 1.807) is 6.08 Å². The molecule has 1 fully saturated rings. The van der Waals surface area contributed by atoms with Crippen LogP contribution in [0.15, 0.2) is 42.6 Å². The summed E-state index contributed by atoms with van der Waals surface area (Å²) in [4.78, 5) is 14.0. The van der Waals surface area contributed by atoms with E-state index >= 15 is 0 Å². The van der Waals surface area contributed by atoms with E-state index in [4.69, 9.17) is 0 Å². The Morgan fingerprint density at radius 1 is 1.06 bits per heavy atom. The third kappa shape index (κ3) is 2.96. The number of allylic oxidation sites excluding steroid dienone is 1. The quantitative estimate of drug-likeness (QED) is 0.571. The van der Waals surface area contributed by atoms with Crippen LogP contribution in [0, 0.1) is 0 Å². The van der Waals surface area contributed by atoms with Crippen LogP contribution in [0.1, 0.15) is 29.6 Å². The summed E-state index contributed by atoms with van der Waals surface area (Å²) in [5.41, 5.74) is 0.760. The highest BCUT2D eigenvalue weighted by Gasteiger charge is 2.06. The fourth-order valence-electron chi connectivity index (χ4n) is 1.94. The van der Waals surface area contributed by atoms with Crippen LogP contribution in [-0.2, 0) is 0 Å². The van der Waals surface area contributed by atoms with Crippen molar-refractivity contribution in [2.75, 3.05) is 13.1 Å². The first kappa shape index (κ1) is 10.9. The van der Waals surface area contributed by atoms with Crippen LogP contribution < -0.4 is 0 Å². The Morgan fingerprint density at radius 3 is 2.44 bits per heavy atom. The summed E-state index contributed by atoms with van der Waals surface area (Å²) in [6.07, 6.45) is 7.42. The molecule has 84 valence electrons. The summed E-state index contributed by atoms with van der Waals surface area (Å²) >= 11 is 0. The SMILES string of the molecule is O=C(/C=C\N1CCCCC1)c1ccccc1. The molecule has 2 rings (SSSR count). The molecule has 0 radical (unpaired) electrons. The van der Waals surface area contributed by atoms with Crippen molar-refractivity contribution in [3.63, 3.8) is 0 Å². The van der Waals surface area contributed by atoms with E-state index in [0.717, 1.165) is 18.7 Å². The van der Waals surface area contributed by atoms with E-state index in [2.05, 4.69) is 4.90 Å². The van der Waals surface area contributed by atoms with E-state index in [1.807, 2.05) is 36.5 Å². The number of carbonyl (C=O) groups excluding carboxylic acids is 1. The second kappa shape index (κ2) is 5.50. The summed E-state index contributed by atoms with van der Waals surface area (Å²) in [5, 5.41) is 0. The molecule has 1 heterocycles. The highest BCUT2D eigenvalue weighted by atomic mass is 16.1. The van der Waals surface area contributed by atoms with Crippen molar-refractivity contribution in [1.29, 1.82) is 0 Å². The molecule has 0 atom stereocenters. The molecule has 1 aliphatic heterocycles. The zero-order valence-electron chi connectivity index (χ0n) is 9.43. The van der Waals surface area contributed by atoms with Crippen molar-refractivity contribution in [2.45, 2.75) is 19.3 Å². The first-order valence-electron chi connectivity index (χ1n) is 5.88. The topological polar surface area (TPSA) is 20.3 Å². The molecule has 0 saturated carbocycles. The Morgan fingerprint density at radius 2 is 1.75 bits per heavy atom. The summed E-state index contributed by atoms with van der Waals surface area (Å²) in [7, 11) is 0. The molecule has 0 aliphatic carbocycles. The van der Waals surface area contributed by atoms with Gasteiger partial charge in [0, 0.05) is 30.9 Å². The molecular weight excluding hydrogens is 198 g/mol. The summed E-state index contributed by atoms with van der Waals surface area (Å²) in [6.45, 7) is 2.16. The van der Waals surface area contributed by atoms with Crippen molar-refractivity contribution in [3.8, 4) is 0 Å². The van der Waals surface area contributed by atoms with Gasteiger partial charge in [-0.3, -0.25) is 4.79 Å². The molecule has 1 aliphatic rings. The molecule has 0 unspecified atom stereocenters. The van der Waals surface area contributed by atoms with Gasteiger partial charge < -0.3 is 4.90 Å². The second-order valence-corrected chi connectivity index (χ2v) is 4.14. The monoisotopic (exact) mass is 215 g/mol. The highest BCUT2D eigenvalue weighted by Crippen LogP contribution is 2.09. The van der Waals surface area contributed by atoms with Gasteiger partial charge in [0.2, 0.25) is 0 Å². The van der Waals surface area contributed by atoms with Gasteiger partial charge in [-0.05, 0) is 19.3 Å². The molecule has 16 heavy (non-hydrogen) atoms. The van der Waals surface area contributed by atoms with Crippen LogP contribution in [-0.4, -0.2) is 23.8 Å². The number of ketones is 1. The Bertz CT molecular complexity index is 364. The van der Waals surface area contributed by atoms with Crippen LogP contribution in [0.3, 0.4) is 0 Å². The van der Waals surface area contributed by atoms with Crippen LogP contribution in [0.2, 0.25) is 0 Å². The van der Waals surface area contributed by atoms with Crippen LogP contribution in [0.4, 0.5) is 0 Å². The number of hydrogen-bond donors (Lipinski definition) is 0. The fourth-order valence-corrected chi connectivity index (χ4v) is 1.94. The molecule has 0 bridgehead atoms. The Kier molecular flexibility index (Phi) is 3.76. The lowest BCUT2D eigenvalue weighted by atomic mass is 10.1. The van der Waals surface area contributed by atoms with Gasteiger partial charge in [0.15, 0.2) is 5.78 Å². The molecule has 1 aromatic rings. The summed E-state index contributed by atoms with van der Waals surface area (Å²) in [6, 6.07) is 9.40. The van der Waals surface area contributed by atoms with Crippen LogP contribution >= 0.6 is 0 Å². The Hall–Kier alpha value is -1.57. The van der Waals surface area contributed by atoms with E-state index in [9.17, 15) is 4.79 Å². The molecule has 0 aromatic heterocycles. The van der Waals surface area contributed by atoms with Crippen molar-refractivity contribution in [1.82, 2.24) is 4.90 Å². The summed E-state index contributed by atoms with van der Waals surface area (Å²) in [5.74, 6) is 0.0890. The number of benzene rings is 1. The van der Waals surface area contributed by atoms with Gasteiger partial charge in [-0.15, -0.1) is 0 Å². The van der Waals surface area contributed by atoms with E-state index in [0.29, 0.717) is 0 Å². The average molecular weight is 215 g/mol. The van der Waals surface area contributed by atoms with E-state index in [1.165, 1.54) is 19.3 Å². The van der Waals surface area contributed by atoms with Gasteiger partial charge in [0.05, 0.1) is 0 Å². The van der Waals surface area contributed by atoms with E-state index < -0.39 is 0 Å². The number of nitrogens with zero attached hydrogens (tertiary/aromatic N) is 1. The predicted molar refractivity (Wildman–Crippen MR) is 65.3 cm³/mol. The van der Waals surface area contributed by atoms with Crippen LogP contribution in [0.25, 0.3) is 0 Å². The molecule has 1 saturated heterocycles. The van der Waals surface area contributed by atoms with Crippen molar-refractivity contribution in [3.05, 3.63) is 48.2 Å². The largest absolute Gasteiger partial charge is 0.377 e. The lowest BCUT2D eigenvalue weighted by Crippen LogP contribution is -2.24. The average Bonchev–Trinajstić information content (AvgIpc) is 2.38. The van der Waals surface area contributed by atoms with Gasteiger partial charge in [0.25, 0.3) is 0 Å². The Balaban J connectivity index is 1.94. The predicted octanol–water partition coefficient (Wildman–Crippen LogP) is 2.87. The molecule has 0 N–H and O–H groups in total. The smallest absolute Gasteiger partial charge is 0.187 e. The normalized spacial score (nSPS) is 16.6. The van der Waals surface area contributed by atoms with Crippen molar-refractivity contribution in [2.24, 2.45) is 0 Å². The van der Waals surface area contributed by atoms with Crippen molar-refractivity contribution >= 4 is 5.78 Å². The minimum Gasteiger partial charge on any atom is -0.377 e. The molecular formula is C14H17NO. The number of rotatable bonds is 3. The molecule has 0 spiro atoms. The number of likely N-dealkylation sites (tertiary alicyclic amines) is 1. The maximum absolute atomic E-state index is 11.8. The summed E-state index contributed by atoms with van der Waals surface area (Å²) < 4.78 is 0. The number of carbonyl (C=O) groups is 1. The van der Waals surface area contributed by atoms with Crippen LogP contribution in [0.5, 0.6) is 0 Å². The third-order valence-corrected chi connectivity index (χ3v) is 2.89. The van der Waals surface area contributed by atoms with E-state index in [-0.39, 0.29) is 5.78 Å². The van der Waals surface area contributed by atoms with Gasteiger partial charge in [-0.2, -0.15) is 0 Å². The van der Waals surface area contributed by atoms with Gasteiger partial charge in [0.1, 0.15) is 0 Å². The van der Waals surface area contributed by atoms with Crippen molar-refractivity contribution < 1.29 is 4.79 Å². The number of hydrogen-bond acceptors (Lipinski definition) is 2. The molecule has 2 heteroatoms. The third-order valence-electron chi connectivity index (χ3n) is 2.89. The first-order chi connectivity index (χ1) is 7.86. The van der Waals surface area contributed by atoms with Gasteiger partial charge in [-0.1, -0.05) is 30.3 Å².